The highest BCUT2D eigenvalue weighted by Crippen LogP contribution is 2.38. The van der Waals surface area contributed by atoms with Crippen LogP contribution in [0.15, 0.2) is 30.3 Å². The summed E-state index contributed by atoms with van der Waals surface area (Å²) in [6.07, 6.45) is 0. The Balaban J connectivity index is 2.42. The third-order valence-electron chi connectivity index (χ3n) is 2.25. The molecule has 0 spiro atoms. The molecule has 0 atom stereocenters. The van der Waals surface area contributed by atoms with E-state index in [9.17, 15) is 9.90 Å². The minimum absolute atomic E-state index is 0.307. The van der Waals surface area contributed by atoms with Crippen molar-refractivity contribution < 1.29 is 9.90 Å². The summed E-state index contributed by atoms with van der Waals surface area (Å²) in [5.41, 5.74) is 0. The van der Waals surface area contributed by atoms with Crippen molar-refractivity contribution >= 4 is 48.1 Å². The molecule has 3 aromatic rings. The molecule has 15 heavy (non-hydrogen) atoms. The van der Waals surface area contributed by atoms with Gasteiger partial charge < -0.3 is 9.90 Å². The van der Waals surface area contributed by atoms with Crippen LogP contribution >= 0.6 is 22.7 Å². The van der Waals surface area contributed by atoms with Gasteiger partial charge in [0.25, 0.3) is 0 Å². The fourth-order valence-corrected chi connectivity index (χ4v) is 3.96. The number of hydrogen-bond donors (Lipinski definition) is 0. The van der Waals surface area contributed by atoms with E-state index < -0.39 is 5.97 Å². The van der Waals surface area contributed by atoms with E-state index in [-0.39, 0.29) is 0 Å². The number of carboxylic acids is 1. The van der Waals surface area contributed by atoms with E-state index in [1.54, 1.807) is 17.4 Å². The van der Waals surface area contributed by atoms with Gasteiger partial charge in [0.15, 0.2) is 0 Å². The molecule has 2 aromatic heterocycles. The Bertz CT molecular complexity index is 663. The summed E-state index contributed by atoms with van der Waals surface area (Å²) in [7, 11) is 0. The van der Waals surface area contributed by atoms with E-state index in [0.717, 1.165) is 14.8 Å². The van der Waals surface area contributed by atoms with Gasteiger partial charge in [-0.3, -0.25) is 0 Å². The summed E-state index contributed by atoms with van der Waals surface area (Å²) in [5, 5.41) is 11.8. The normalized spacial score (nSPS) is 11.2. The topological polar surface area (TPSA) is 40.1 Å². The van der Waals surface area contributed by atoms with Crippen LogP contribution in [0.2, 0.25) is 0 Å². The number of thiophene rings is 2. The first-order chi connectivity index (χ1) is 7.25. The highest BCUT2D eigenvalue weighted by Gasteiger charge is 2.08. The first kappa shape index (κ1) is 8.88. The molecule has 0 aliphatic heterocycles. The summed E-state index contributed by atoms with van der Waals surface area (Å²) in [5.74, 6) is -1.09. The van der Waals surface area contributed by atoms with Crippen LogP contribution in [0.4, 0.5) is 0 Å². The molecule has 0 amide bonds. The Labute approximate surface area is 93.4 Å². The van der Waals surface area contributed by atoms with Gasteiger partial charge in [-0.05, 0) is 12.1 Å². The number of rotatable bonds is 1. The second-order valence-corrected chi connectivity index (χ2v) is 5.33. The fourth-order valence-electron chi connectivity index (χ4n) is 1.60. The average molecular weight is 233 g/mol. The van der Waals surface area contributed by atoms with Gasteiger partial charge in [0, 0.05) is 14.8 Å². The van der Waals surface area contributed by atoms with Crippen molar-refractivity contribution in [2.24, 2.45) is 0 Å². The standard InChI is InChI=1S/C11H6O2S2/c12-11(13)9-5-8-10(15-9)6-3-1-2-4-7(6)14-8/h1-5H,(H,12,13)/p-1. The van der Waals surface area contributed by atoms with Crippen molar-refractivity contribution in [1.82, 2.24) is 0 Å². The van der Waals surface area contributed by atoms with Crippen molar-refractivity contribution in [3.63, 3.8) is 0 Å². The van der Waals surface area contributed by atoms with Gasteiger partial charge in [-0.2, -0.15) is 0 Å². The van der Waals surface area contributed by atoms with Crippen LogP contribution in [0.1, 0.15) is 9.67 Å². The molecule has 0 N–H and O–H groups in total. The Hall–Kier alpha value is -1.39. The van der Waals surface area contributed by atoms with Crippen LogP contribution in [0.3, 0.4) is 0 Å². The van der Waals surface area contributed by atoms with E-state index >= 15 is 0 Å². The van der Waals surface area contributed by atoms with E-state index in [4.69, 9.17) is 0 Å². The average Bonchev–Trinajstić information content (AvgIpc) is 2.73. The maximum Gasteiger partial charge on any atom is 0.0815 e. The van der Waals surface area contributed by atoms with Crippen LogP contribution < -0.4 is 5.11 Å². The van der Waals surface area contributed by atoms with Crippen LogP contribution in [-0.4, -0.2) is 5.97 Å². The molecule has 3 rings (SSSR count). The molecular weight excluding hydrogens is 228 g/mol. The first-order valence-corrected chi connectivity index (χ1v) is 6.01. The third kappa shape index (κ3) is 1.26. The van der Waals surface area contributed by atoms with Crippen molar-refractivity contribution in [3.8, 4) is 0 Å². The smallest absolute Gasteiger partial charge is 0.0815 e. The van der Waals surface area contributed by atoms with E-state index in [2.05, 4.69) is 0 Å². The quantitative estimate of drug-likeness (QED) is 0.647. The second kappa shape index (κ2) is 3.05. The maximum absolute atomic E-state index is 10.7. The lowest BCUT2D eigenvalue weighted by Gasteiger charge is -1.93. The first-order valence-electron chi connectivity index (χ1n) is 4.38. The second-order valence-electron chi connectivity index (χ2n) is 3.19. The number of carbonyl (C=O) groups is 1. The monoisotopic (exact) mass is 233 g/mol. The fraction of sp³-hybridized carbons (Fsp3) is 0. The van der Waals surface area contributed by atoms with Crippen LogP contribution in [0.5, 0.6) is 0 Å². The Morgan fingerprint density at radius 2 is 1.93 bits per heavy atom. The van der Waals surface area contributed by atoms with Gasteiger partial charge in [-0.25, -0.2) is 0 Å². The third-order valence-corrected chi connectivity index (χ3v) is 4.65. The lowest BCUT2D eigenvalue weighted by atomic mass is 10.2. The zero-order chi connectivity index (χ0) is 10.4. The lowest BCUT2D eigenvalue weighted by molar-refractivity contribution is -0.254. The predicted molar refractivity (Wildman–Crippen MR) is 61.5 cm³/mol. The summed E-state index contributed by atoms with van der Waals surface area (Å²) < 4.78 is 3.28. The van der Waals surface area contributed by atoms with Crippen LogP contribution in [-0.2, 0) is 0 Å². The minimum Gasteiger partial charge on any atom is -0.544 e. The summed E-state index contributed by atoms with van der Waals surface area (Å²) in [6, 6.07) is 9.71. The molecule has 0 aliphatic carbocycles. The molecule has 2 nitrogen and oxygen atoms in total. The molecule has 0 fully saturated rings. The molecule has 0 bridgehead atoms. The van der Waals surface area contributed by atoms with E-state index in [1.165, 1.54) is 16.0 Å². The maximum atomic E-state index is 10.7. The van der Waals surface area contributed by atoms with Crippen molar-refractivity contribution in [3.05, 3.63) is 35.2 Å². The summed E-state index contributed by atoms with van der Waals surface area (Å²) in [4.78, 5) is 11.0. The molecule has 0 unspecified atom stereocenters. The SMILES string of the molecule is O=C([O-])c1cc2sc3ccccc3c2s1. The van der Waals surface area contributed by atoms with Crippen LogP contribution in [0.25, 0.3) is 19.5 Å². The van der Waals surface area contributed by atoms with Gasteiger partial charge in [0.2, 0.25) is 0 Å². The molecule has 74 valence electrons. The van der Waals surface area contributed by atoms with Gasteiger partial charge in [-0.1, -0.05) is 18.2 Å². The highest BCUT2D eigenvalue weighted by atomic mass is 32.1. The van der Waals surface area contributed by atoms with Crippen molar-refractivity contribution in [2.45, 2.75) is 0 Å². The molecule has 4 heteroatoms. The molecular formula is C11H5O2S2-. The predicted octanol–water partition coefficient (Wildman–Crippen LogP) is 2.48. The zero-order valence-electron chi connectivity index (χ0n) is 7.52. The largest absolute Gasteiger partial charge is 0.544 e. The van der Waals surface area contributed by atoms with E-state index in [1.807, 2.05) is 24.3 Å². The lowest BCUT2D eigenvalue weighted by Crippen LogP contribution is -2.20. The van der Waals surface area contributed by atoms with Gasteiger partial charge >= 0.3 is 0 Å². The molecule has 2 heterocycles. The molecule has 0 saturated carbocycles. The van der Waals surface area contributed by atoms with Crippen LogP contribution in [0, 0.1) is 0 Å². The number of fused-ring (bicyclic) bond motifs is 3. The highest BCUT2D eigenvalue weighted by molar-refractivity contribution is 7.33. The zero-order valence-corrected chi connectivity index (χ0v) is 9.15. The number of benzene rings is 1. The van der Waals surface area contributed by atoms with Crippen molar-refractivity contribution in [2.75, 3.05) is 0 Å². The number of aromatic carboxylic acids is 1. The van der Waals surface area contributed by atoms with E-state index in [0.29, 0.717) is 4.88 Å². The van der Waals surface area contributed by atoms with Gasteiger partial charge in [-0.15, -0.1) is 22.7 Å². The Kier molecular flexibility index (Phi) is 1.81. The Morgan fingerprint density at radius 3 is 2.73 bits per heavy atom. The minimum atomic E-state index is -1.09. The Morgan fingerprint density at radius 1 is 1.13 bits per heavy atom. The molecule has 0 aliphatic rings. The van der Waals surface area contributed by atoms with Gasteiger partial charge in [0.05, 0.1) is 15.5 Å². The van der Waals surface area contributed by atoms with Gasteiger partial charge in [0.1, 0.15) is 0 Å². The number of hydrogen-bond acceptors (Lipinski definition) is 4. The molecule has 0 radical (unpaired) electrons. The molecule has 0 saturated heterocycles. The number of carboxylic acid groups (broad SMARTS) is 1. The summed E-state index contributed by atoms with van der Waals surface area (Å²) in [6.45, 7) is 0. The molecule has 1 aromatic carbocycles. The summed E-state index contributed by atoms with van der Waals surface area (Å²) >= 11 is 2.91. The van der Waals surface area contributed by atoms with Crippen molar-refractivity contribution in [1.29, 1.82) is 0 Å². The number of carbonyl (C=O) groups excluding carboxylic acids is 1.